The van der Waals surface area contributed by atoms with Gasteiger partial charge >= 0.3 is 0 Å². The number of rotatable bonds is 1. The second-order valence-corrected chi connectivity index (χ2v) is 1.64. The van der Waals surface area contributed by atoms with Gasteiger partial charge in [-0.3, -0.25) is 4.79 Å². The number of primary amides is 1. The summed E-state index contributed by atoms with van der Waals surface area (Å²) in [7, 11) is 0. The lowest BCUT2D eigenvalue weighted by Gasteiger charge is -1.80. The van der Waals surface area contributed by atoms with Crippen LogP contribution in [0.25, 0.3) is 0 Å². The molecule has 0 unspecified atom stereocenters. The molecule has 0 saturated heterocycles. The van der Waals surface area contributed by atoms with Crippen molar-refractivity contribution in [3.8, 4) is 6.19 Å². The standard InChI is InChI=1S/C5H4N4O/c6-3-9-2-4(1-8-9)5(7)10/h1-2H,(H2,7,10). The summed E-state index contributed by atoms with van der Waals surface area (Å²) in [4.78, 5) is 10.4. The monoisotopic (exact) mass is 136 g/mol. The first-order valence-corrected chi connectivity index (χ1v) is 2.48. The van der Waals surface area contributed by atoms with Crippen molar-refractivity contribution < 1.29 is 4.79 Å². The predicted molar refractivity (Wildman–Crippen MR) is 31.8 cm³/mol. The van der Waals surface area contributed by atoms with Gasteiger partial charge < -0.3 is 5.73 Å². The molecule has 5 nitrogen and oxygen atoms in total. The minimum Gasteiger partial charge on any atom is -0.366 e. The van der Waals surface area contributed by atoms with Gasteiger partial charge in [-0.05, 0) is 0 Å². The molecule has 0 bridgehead atoms. The zero-order valence-electron chi connectivity index (χ0n) is 4.98. The third kappa shape index (κ3) is 0.951. The summed E-state index contributed by atoms with van der Waals surface area (Å²) in [5.74, 6) is -0.582. The molecule has 0 atom stereocenters. The van der Waals surface area contributed by atoms with E-state index in [0.29, 0.717) is 0 Å². The maximum absolute atomic E-state index is 10.4. The Morgan fingerprint density at radius 2 is 2.60 bits per heavy atom. The SMILES string of the molecule is N#Cn1cc(C(N)=O)cn1. The van der Waals surface area contributed by atoms with Crippen molar-refractivity contribution >= 4 is 5.91 Å². The number of carbonyl (C=O) groups excluding carboxylic acids is 1. The van der Waals surface area contributed by atoms with Crippen LogP contribution in [0.1, 0.15) is 10.4 Å². The number of hydrogen-bond acceptors (Lipinski definition) is 3. The Bertz CT molecular complexity index is 295. The minimum atomic E-state index is -0.582. The first kappa shape index (κ1) is 6.29. The molecule has 0 aliphatic carbocycles. The van der Waals surface area contributed by atoms with Gasteiger partial charge in [0.25, 0.3) is 5.91 Å². The molecule has 5 heteroatoms. The summed E-state index contributed by atoms with van der Waals surface area (Å²) in [5.41, 5.74) is 5.12. The molecule has 50 valence electrons. The van der Waals surface area contributed by atoms with Gasteiger partial charge in [-0.1, -0.05) is 0 Å². The van der Waals surface area contributed by atoms with Crippen LogP contribution in [0, 0.1) is 11.5 Å². The highest BCUT2D eigenvalue weighted by molar-refractivity contribution is 5.92. The van der Waals surface area contributed by atoms with Crippen LogP contribution in [-0.2, 0) is 0 Å². The predicted octanol–water partition coefficient (Wildman–Crippen LogP) is -0.689. The van der Waals surface area contributed by atoms with Crippen LogP contribution in [0.2, 0.25) is 0 Å². The van der Waals surface area contributed by atoms with Crippen molar-refractivity contribution in [2.45, 2.75) is 0 Å². The van der Waals surface area contributed by atoms with E-state index in [4.69, 9.17) is 11.0 Å². The van der Waals surface area contributed by atoms with E-state index in [1.54, 1.807) is 6.19 Å². The normalized spacial score (nSPS) is 8.70. The fourth-order valence-corrected chi connectivity index (χ4v) is 0.505. The number of amides is 1. The maximum atomic E-state index is 10.4. The summed E-state index contributed by atoms with van der Waals surface area (Å²) < 4.78 is 0.958. The van der Waals surface area contributed by atoms with E-state index < -0.39 is 5.91 Å². The summed E-state index contributed by atoms with van der Waals surface area (Å²) in [6.07, 6.45) is 4.21. The molecular formula is C5H4N4O. The third-order valence-corrected chi connectivity index (χ3v) is 0.970. The molecule has 0 spiro atoms. The molecule has 1 aromatic rings. The molecule has 10 heavy (non-hydrogen) atoms. The van der Waals surface area contributed by atoms with E-state index in [0.717, 1.165) is 4.68 Å². The number of hydrogen-bond donors (Lipinski definition) is 1. The number of carbonyl (C=O) groups is 1. The van der Waals surface area contributed by atoms with Gasteiger partial charge in [0.05, 0.1) is 18.0 Å². The minimum absolute atomic E-state index is 0.238. The molecule has 0 fully saturated rings. The Balaban J connectivity index is 3.02. The van der Waals surface area contributed by atoms with E-state index in [-0.39, 0.29) is 5.56 Å². The van der Waals surface area contributed by atoms with Gasteiger partial charge in [-0.25, -0.2) is 0 Å². The second-order valence-electron chi connectivity index (χ2n) is 1.64. The molecule has 1 aromatic heterocycles. The van der Waals surface area contributed by atoms with Gasteiger partial charge in [-0.15, -0.1) is 0 Å². The van der Waals surface area contributed by atoms with Gasteiger partial charge in [-0.2, -0.15) is 15.0 Å². The fourth-order valence-electron chi connectivity index (χ4n) is 0.505. The van der Waals surface area contributed by atoms with Crippen molar-refractivity contribution in [3.05, 3.63) is 18.0 Å². The zero-order chi connectivity index (χ0) is 7.56. The Morgan fingerprint density at radius 1 is 1.90 bits per heavy atom. The van der Waals surface area contributed by atoms with Crippen LogP contribution in [0.15, 0.2) is 12.4 Å². The van der Waals surface area contributed by atoms with Crippen LogP contribution in [0.4, 0.5) is 0 Å². The fraction of sp³-hybridized carbons (Fsp3) is 0. The molecule has 1 rings (SSSR count). The lowest BCUT2D eigenvalue weighted by Crippen LogP contribution is -2.09. The number of nitrogens with zero attached hydrogens (tertiary/aromatic N) is 3. The second kappa shape index (κ2) is 2.19. The van der Waals surface area contributed by atoms with Gasteiger partial charge in [0.15, 0.2) is 0 Å². The Morgan fingerprint density at radius 3 is 2.90 bits per heavy atom. The molecule has 1 amide bonds. The lowest BCUT2D eigenvalue weighted by atomic mass is 10.4. The average Bonchev–Trinajstić information content (AvgIpc) is 2.34. The van der Waals surface area contributed by atoms with Gasteiger partial charge in [0, 0.05) is 0 Å². The van der Waals surface area contributed by atoms with Crippen molar-refractivity contribution in [2.24, 2.45) is 5.73 Å². The van der Waals surface area contributed by atoms with Crippen molar-refractivity contribution in [2.75, 3.05) is 0 Å². The Labute approximate surface area is 56.7 Å². The maximum Gasteiger partial charge on any atom is 0.251 e. The Hall–Kier alpha value is -1.83. The molecular weight excluding hydrogens is 132 g/mol. The summed E-state index contributed by atoms with van der Waals surface area (Å²) in [5, 5.41) is 11.7. The number of nitrogens with two attached hydrogens (primary N) is 1. The highest BCUT2D eigenvalue weighted by Gasteiger charge is 2.01. The lowest BCUT2D eigenvalue weighted by molar-refractivity contribution is 0.100. The van der Waals surface area contributed by atoms with Crippen LogP contribution in [0.3, 0.4) is 0 Å². The topological polar surface area (TPSA) is 84.7 Å². The van der Waals surface area contributed by atoms with Gasteiger partial charge in [0.2, 0.25) is 6.19 Å². The van der Waals surface area contributed by atoms with Crippen molar-refractivity contribution in [3.63, 3.8) is 0 Å². The van der Waals surface area contributed by atoms with Crippen LogP contribution in [0.5, 0.6) is 0 Å². The largest absolute Gasteiger partial charge is 0.366 e. The summed E-state index contributed by atoms with van der Waals surface area (Å²) in [6, 6.07) is 0. The quantitative estimate of drug-likeness (QED) is 0.554. The van der Waals surface area contributed by atoms with E-state index in [1.165, 1.54) is 12.4 Å². The van der Waals surface area contributed by atoms with Crippen LogP contribution in [-0.4, -0.2) is 15.7 Å². The van der Waals surface area contributed by atoms with Crippen molar-refractivity contribution in [1.82, 2.24) is 9.78 Å². The molecule has 1 heterocycles. The molecule has 2 N–H and O–H groups in total. The van der Waals surface area contributed by atoms with Crippen molar-refractivity contribution in [1.29, 1.82) is 5.26 Å². The number of nitriles is 1. The van der Waals surface area contributed by atoms with Gasteiger partial charge in [0.1, 0.15) is 0 Å². The summed E-state index contributed by atoms with van der Waals surface area (Å²) >= 11 is 0. The number of aromatic nitrogens is 2. The zero-order valence-corrected chi connectivity index (χ0v) is 4.98. The molecule has 0 aliphatic heterocycles. The summed E-state index contributed by atoms with van der Waals surface area (Å²) in [6.45, 7) is 0. The molecule has 0 radical (unpaired) electrons. The first-order valence-electron chi connectivity index (χ1n) is 2.48. The van der Waals surface area contributed by atoms with Crippen LogP contribution >= 0.6 is 0 Å². The smallest absolute Gasteiger partial charge is 0.251 e. The van der Waals surface area contributed by atoms with Crippen LogP contribution < -0.4 is 5.73 Å². The molecule has 0 aliphatic rings. The van der Waals surface area contributed by atoms with E-state index >= 15 is 0 Å². The highest BCUT2D eigenvalue weighted by atomic mass is 16.1. The molecule has 0 saturated carbocycles. The molecule has 0 aromatic carbocycles. The van der Waals surface area contributed by atoms with E-state index in [1.807, 2.05) is 0 Å². The average molecular weight is 136 g/mol. The van der Waals surface area contributed by atoms with E-state index in [2.05, 4.69) is 5.10 Å². The highest BCUT2D eigenvalue weighted by Crippen LogP contribution is 1.92. The Kier molecular flexibility index (Phi) is 1.38. The van der Waals surface area contributed by atoms with E-state index in [9.17, 15) is 4.79 Å². The first-order chi connectivity index (χ1) is 4.74. The third-order valence-electron chi connectivity index (χ3n) is 0.970.